The lowest BCUT2D eigenvalue weighted by Gasteiger charge is -2.24. The van der Waals surface area contributed by atoms with Crippen molar-refractivity contribution in [3.05, 3.63) is 48.6 Å². The van der Waals surface area contributed by atoms with Gasteiger partial charge in [0.25, 0.3) is 0 Å². The lowest BCUT2D eigenvalue weighted by Crippen LogP contribution is -2.46. The van der Waals surface area contributed by atoms with Crippen LogP contribution in [0.25, 0.3) is 0 Å². The van der Waals surface area contributed by atoms with Crippen LogP contribution in [-0.2, 0) is 14.3 Å². The zero-order valence-electron chi connectivity index (χ0n) is 35.6. The summed E-state index contributed by atoms with van der Waals surface area (Å²) in [4.78, 5) is 25.9. The van der Waals surface area contributed by atoms with E-state index < -0.39 is 18.2 Å². The average molecular weight is 758 g/mol. The van der Waals surface area contributed by atoms with Gasteiger partial charge in [-0.2, -0.15) is 0 Å². The Kier molecular flexibility index (Phi) is 40.3. The number of ether oxygens (including phenoxy) is 1. The summed E-state index contributed by atoms with van der Waals surface area (Å²) in [5, 5.41) is 23.6. The van der Waals surface area contributed by atoms with Gasteiger partial charge in [-0.3, -0.25) is 9.59 Å². The Morgan fingerprint density at radius 2 is 1.00 bits per heavy atom. The summed E-state index contributed by atoms with van der Waals surface area (Å²) in [5.74, 6) is -0.511. The van der Waals surface area contributed by atoms with Gasteiger partial charge in [-0.1, -0.05) is 191 Å². The van der Waals surface area contributed by atoms with Crippen LogP contribution in [0.2, 0.25) is 0 Å². The van der Waals surface area contributed by atoms with E-state index in [2.05, 4.69) is 74.7 Å². The molecule has 0 fully saturated rings. The Morgan fingerprint density at radius 1 is 0.556 bits per heavy atom. The van der Waals surface area contributed by atoms with E-state index in [9.17, 15) is 19.8 Å². The highest BCUT2D eigenvalue weighted by atomic mass is 16.5. The predicted molar refractivity (Wildman–Crippen MR) is 232 cm³/mol. The van der Waals surface area contributed by atoms with Crippen molar-refractivity contribution in [2.24, 2.45) is 0 Å². The first kappa shape index (κ1) is 51.8. The van der Waals surface area contributed by atoms with Crippen LogP contribution in [-0.4, -0.2) is 46.9 Å². The maximum absolute atomic E-state index is 13.1. The van der Waals surface area contributed by atoms with Crippen molar-refractivity contribution in [2.75, 3.05) is 6.61 Å². The summed E-state index contributed by atoms with van der Waals surface area (Å²) in [5.41, 5.74) is 0. The highest BCUT2D eigenvalue weighted by molar-refractivity contribution is 5.77. The van der Waals surface area contributed by atoms with E-state index in [0.29, 0.717) is 19.3 Å². The van der Waals surface area contributed by atoms with Crippen LogP contribution in [0, 0.1) is 0 Å². The van der Waals surface area contributed by atoms with Gasteiger partial charge in [-0.15, -0.1) is 0 Å². The molecule has 54 heavy (non-hydrogen) atoms. The molecule has 0 aromatic carbocycles. The number of hydrogen-bond acceptors (Lipinski definition) is 5. The van der Waals surface area contributed by atoms with Gasteiger partial charge in [-0.25, -0.2) is 0 Å². The summed E-state index contributed by atoms with van der Waals surface area (Å²) < 4.78 is 5.88. The molecule has 314 valence electrons. The van der Waals surface area contributed by atoms with Crippen molar-refractivity contribution in [3.8, 4) is 0 Å². The van der Waals surface area contributed by atoms with Crippen molar-refractivity contribution < 1.29 is 24.5 Å². The highest BCUT2D eigenvalue weighted by Crippen LogP contribution is 2.17. The van der Waals surface area contributed by atoms with Gasteiger partial charge in [0.2, 0.25) is 5.91 Å². The van der Waals surface area contributed by atoms with Gasteiger partial charge in [-0.05, 0) is 64.2 Å². The Balaban J connectivity index is 4.60. The first-order valence-electron chi connectivity index (χ1n) is 22.9. The SMILES string of the molecule is CC/C=C/C/C=C/C/C=C/C/C=C/CCCCCC(=O)OC(CCCCCCCCCCCC)CC(=O)NC(CO)C(O)CCCCCCCCCCC. The van der Waals surface area contributed by atoms with Crippen molar-refractivity contribution in [2.45, 2.75) is 238 Å². The molecule has 0 aromatic rings. The molecule has 6 nitrogen and oxygen atoms in total. The predicted octanol–water partition coefficient (Wildman–Crippen LogP) is 13.1. The zero-order valence-corrected chi connectivity index (χ0v) is 35.6. The zero-order chi connectivity index (χ0) is 39.6. The van der Waals surface area contributed by atoms with E-state index in [0.717, 1.165) is 89.9 Å². The second-order valence-electron chi connectivity index (χ2n) is 15.4. The summed E-state index contributed by atoms with van der Waals surface area (Å²) in [6, 6.07) is -0.703. The molecule has 1 amide bonds. The first-order chi connectivity index (χ1) is 26.5. The number of rotatable bonds is 40. The van der Waals surface area contributed by atoms with Gasteiger partial charge in [0.1, 0.15) is 6.10 Å². The van der Waals surface area contributed by atoms with Crippen LogP contribution in [0.15, 0.2) is 48.6 Å². The monoisotopic (exact) mass is 758 g/mol. The number of unbranched alkanes of at least 4 members (excludes halogenated alkanes) is 20. The van der Waals surface area contributed by atoms with Gasteiger partial charge in [0, 0.05) is 6.42 Å². The van der Waals surface area contributed by atoms with Crippen molar-refractivity contribution in [3.63, 3.8) is 0 Å². The molecule has 0 radical (unpaired) electrons. The second-order valence-corrected chi connectivity index (χ2v) is 15.4. The molecular weight excluding hydrogens is 671 g/mol. The Bertz CT molecular complexity index is 941. The fourth-order valence-electron chi connectivity index (χ4n) is 6.71. The van der Waals surface area contributed by atoms with E-state index >= 15 is 0 Å². The van der Waals surface area contributed by atoms with Crippen molar-refractivity contribution >= 4 is 11.9 Å². The molecule has 0 aliphatic heterocycles. The van der Waals surface area contributed by atoms with Gasteiger partial charge < -0.3 is 20.3 Å². The third kappa shape index (κ3) is 36.8. The first-order valence-corrected chi connectivity index (χ1v) is 22.9. The largest absolute Gasteiger partial charge is 0.462 e. The molecule has 0 spiro atoms. The number of amides is 1. The van der Waals surface area contributed by atoms with Crippen LogP contribution in [0.5, 0.6) is 0 Å². The number of aliphatic hydroxyl groups excluding tert-OH is 2. The quantitative estimate of drug-likeness (QED) is 0.0329. The van der Waals surface area contributed by atoms with Crippen LogP contribution in [0.1, 0.15) is 220 Å². The van der Waals surface area contributed by atoms with Gasteiger partial charge in [0.05, 0.1) is 25.2 Å². The fourth-order valence-corrected chi connectivity index (χ4v) is 6.71. The Hall–Kier alpha value is -2.18. The van der Waals surface area contributed by atoms with Crippen LogP contribution >= 0.6 is 0 Å². The third-order valence-electron chi connectivity index (χ3n) is 10.2. The molecule has 0 bridgehead atoms. The van der Waals surface area contributed by atoms with Gasteiger partial charge >= 0.3 is 5.97 Å². The minimum absolute atomic E-state index is 0.0657. The van der Waals surface area contributed by atoms with E-state index in [1.54, 1.807) is 0 Å². The number of aliphatic hydroxyl groups is 2. The van der Waals surface area contributed by atoms with Crippen LogP contribution in [0.4, 0.5) is 0 Å². The number of carbonyl (C=O) groups excluding carboxylic acids is 2. The maximum Gasteiger partial charge on any atom is 0.306 e. The molecule has 0 aromatic heterocycles. The molecule has 6 heteroatoms. The molecule has 3 atom stereocenters. The Labute approximate surface area is 334 Å². The molecule has 0 aliphatic rings. The van der Waals surface area contributed by atoms with E-state index in [4.69, 9.17) is 4.74 Å². The molecule has 3 unspecified atom stereocenters. The molecule has 3 N–H and O–H groups in total. The van der Waals surface area contributed by atoms with Crippen molar-refractivity contribution in [1.29, 1.82) is 0 Å². The number of allylic oxidation sites excluding steroid dienone is 8. The number of nitrogens with one attached hydrogen (secondary N) is 1. The van der Waals surface area contributed by atoms with E-state index in [1.807, 2.05) is 0 Å². The summed E-state index contributed by atoms with van der Waals surface area (Å²) in [6.07, 6.45) is 48.9. The molecule has 0 aliphatic carbocycles. The number of hydrogen-bond donors (Lipinski definition) is 3. The molecule has 0 heterocycles. The Morgan fingerprint density at radius 3 is 1.50 bits per heavy atom. The maximum atomic E-state index is 13.1. The smallest absolute Gasteiger partial charge is 0.306 e. The van der Waals surface area contributed by atoms with Gasteiger partial charge in [0.15, 0.2) is 0 Å². The van der Waals surface area contributed by atoms with E-state index in [1.165, 1.54) is 83.5 Å². The number of esters is 1. The summed E-state index contributed by atoms with van der Waals surface area (Å²) >= 11 is 0. The lowest BCUT2D eigenvalue weighted by atomic mass is 10.0. The highest BCUT2D eigenvalue weighted by Gasteiger charge is 2.24. The summed E-state index contributed by atoms with van der Waals surface area (Å²) in [7, 11) is 0. The van der Waals surface area contributed by atoms with Crippen LogP contribution in [0.3, 0.4) is 0 Å². The summed E-state index contributed by atoms with van der Waals surface area (Å²) in [6.45, 7) is 6.32. The topological polar surface area (TPSA) is 95.9 Å². The normalized spacial score (nSPS) is 13.8. The standard InChI is InChI=1S/C48H87NO5/c1-4-7-10-13-16-19-21-22-23-24-25-26-29-32-35-38-41-48(53)54-44(39-36-33-30-28-20-17-14-11-8-5-2)42-47(52)49-45(43-50)46(51)40-37-34-31-27-18-15-12-9-6-3/h7,10,16,19,22-23,25-26,44-46,50-51H,4-6,8-9,11-15,17-18,20-21,24,27-43H2,1-3H3,(H,49,52)/b10-7+,19-16+,23-22+,26-25+. The fraction of sp³-hybridized carbons (Fsp3) is 0.792. The second kappa shape index (κ2) is 42.0. The molecule has 0 saturated carbocycles. The third-order valence-corrected chi connectivity index (χ3v) is 10.2. The lowest BCUT2D eigenvalue weighted by molar-refractivity contribution is -0.151. The minimum Gasteiger partial charge on any atom is -0.462 e. The molecule has 0 saturated heterocycles. The van der Waals surface area contributed by atoms with E-state index in [-0.39, 0.29) is 24.9 Å². The number of carbonyl (C=O) groups is 2. The van der Waals surface area contributed by atoms with Crippen molar-refractivity contribution in [1.82, 2.24) is 5.32 Å². The van der Waals surface area contributed by atoms with Crippen LogP contribution < -0.4 is 5.32 Å². The average Bonchev–Trinajstić information content (AvgIpc) is 3.16. The minimum atomic E-state index is -0.789. The molecular formula is C48H87NO5. The molecule has 0 rings (SSSR count).